The zero-order chi connectivity index (χ0) is 22.8. The van der Waals surface area contributed by atoms with Crippen LogP contribution in [0.15, 0.2) is 41.5 Å². The third-order valence-corrected chi connectivity index (χ3v) is 4.88. The van der Waals surface area contributed by atoms with Crippen LogP contribution in [0, 0.1) is 0 Å². The number of amides is 1. The molecule has 0 N–H and O–H groups in total. The molecule has 0 aromatic carbocycles. The Kier molecular flexibility index (Phi) is 6.27. The molecule has 6 nitrogen and oxygen atoms in total. The van der Waals surface area contributed by atoms with Gasteiger partial charge in [-0.1, -0.05) is 0 Å². The summed E-state index contributed by atoms with van der Waals surface area (Å²) < 4.78 is 77.4. The summed E-state index contributed by atoms with van der Waals surface area (Å²) in [6, 6.07) is 3.89. The van der Waals surface area contributed by atoms with Crippen LogP contribution in [0.5, 0.6) is 0 Å². The predicted molar refractivity (Wildman–Crippen MR) is 98.4 cm³/mol. The van der Waals surface area contributed by atoms with Gasteiger partial charge in [0.25, 0.3) is 5.56 Å². The highest BCUT2D eigenvalue weighted by Crippen LogP contribution is 2.29. The Balaban J connectivity index is 1.66. The van der Waals surface area contributed by atoms with Crippen molar-refractivity contribution in [2.24, 2.45) is 0 Å². The molecule has 1 aliphatic heterocycles. The maximum absolute atomic E-state index is 12.9. The molecule has 0 radical (unpaired) electrons. The molecule has 2 aromatic heterocycles. The minimum absolute atomic E-state index is 0.190. The lowest BCUT2D eigenvalue weighted by molar-refractivity contribution is -0.139. The fourth-order valence-corrected chi connectivity index (χ4v) is 3.26. The van der Waals surface area contributed by atoms with Crippen molar-refractivity contribution in [2.45, 2.75) is 25.3 Å². The molecule has 1 amide bonds. The number of nitrogens with zero attached hydrogens (tertiary/aromatic N) is 4. The molecule has 0 saturated carbocycles. The van der Waals surface area contributed by atoms with E-state index >= 15 is 0 Å². The minimum Gasteiger partial charge on any atom is -0.355 e. The smallest absolute Gasteiger partial charge is 0.355 e. The number of alkyl halides is 6. The molecular formula is C19H18F6N4O2. The predicted octanol–water partition coefficient (Wildman–Crippen LogP) is 3.02. The summed E-state index contributed by atoms with van der Waals surface area (Å²) in [6.07, 6.45) is -6.98. The first-order valence-corrected chi connectivity index (χ1v) is 9.29. The van der Waals surface area contributed by atoms with Gasteiger partial charge >= 0.3 is 12.4 Å². The fourth-order valence-electron chi connectivity index (χ4n) is 3.26. The van der Waals surface area contributed by atoms with Crippen molar-refractivity contribution in [3.05, 3.63) is 58.1 Å². The van der Waals surface area contributed by atoms with E-state index in [1.807, 2.05) is 0 Å². The summed E-state index contributed by atoms with van der Waals surface area (Å²) in [6.45, 7) is 0.660. The van der Waals surface area contributed by atoms with E-state index in [4.69, 9.17) is 0 Å². The number of hydrogen-bond donors (Lipinski definition) is 0. The monoisotopic (exact) mass is 448 g/mol. The minimum atomic E-state index is -4.82. The highest BCUT2D eigenvalue weighted by Gasteiger charge is 2.34. The Labute approximate surface area is 172 Å². The lowest BCUT2D eigenvalue weighted by atomic mass is 10.2. The van der Waals surface area contributed by atoms with Crippen LogP contribution in [0.3, 0.4) is 0 Å². The first kappa shape index (κ1) is 22.6. The lowest BCUT2D eigenvalue weighted by Gasteiger charge is -2.23. The number of carbonyl (C=O) groups is 1. The van der Waals surface area contributed by atoms with E-state index in [1.54, 1.807) is 4.90 Å². The van der Waals surface area contributed by atoms with Crippen molar-refractivity contribution in [2.75, 3.05) is 31.1 Å². The zero-order valence-corrected chi connectivity index (χ0v) is 16.1. The van der Waals surface area contributed by atoms with Crippen LogP contribution in [0.25, 0.3) is 0 Å². The average molecular weight is 448 g/mol. The SMILES string of the molecule is O=C(Cn1cccc(C(F)(F)F)c1=O)N1CCCN(c2ccc(C(F)(F)F)cn2)CC1. The molecule has 2 aromatic rings. The molecule has 12 heteroatoms. The third-order valence-electron chi connectivity index (χ3n) is 4.88. The van der Waals surface area contributed by atoms with E-state index in [1.165, 1.54) is 11.0 Å². The summed E-state index contributed by atoms with van der Waals surface area (Å²) in [4.78, 5) is 31.6. The molecule has 3 heterocycles. The molecule has 0 bridgehead atoms. The van der Waals surface area contributed by atoms with Gasteiger partial charge in [-0.3, -0.25) is 9.59 Å². The number of hydrogen-bond acceptors (Lipinski definition) is 4. The van der Waals surface area contributed by atoms with Gasteiger partial charge in [0.05, 0.1) is 5.56 Å². The van der Waals surface area contributed by atoms with Crippen molar-refractivity contribution in [1.82, 2.24) is 14.5 Å². The Bertz CT molecular complexity index is 985. The van der Waals surface area contributed by atoms with Crippen LogP contribution in [-0.4, -0.2) is 46.5 Å². The number of halogens is 6. The topological polar surface area (TPSA) is 58.4 Å². The molecule has 0 spiro atoms. The summed E-state index contributed by atoms with van der Waals surface area (Å²) in [5, 5.41) is 0. The van der Waals surface area contributed by atoms with Gasteiger partial charge in [-0.2, -0.15) is 26.3 Å². The number of anilines is 1. The first-order chi connectivity index (χ1) is 14.5. The van der Waals surface area contributed by atoms with Crippen LogP contribution in [0.1, 0.15) is 17.5 Å². The van der Waals surface area contributed by atoms with Gasteiger partial charge in [0, 0.05) is 38.6 Å². The number of aromatic nitrogens is 2. The van der Waals surface area contributed by atoms with Gasteiger partial charge in [0.15, 0.2) is 0 Å². The van der Waals surface area contributed by atoms with E-state index in [0.29, 0.717) is 36.0 Å². The Morgan fingerprint density at radius 2 is 1.71 bits per heavy atom. The second-order valence-corrected chi connectivity index (χ2v) is 6.98. The van der Waals surface area contributed by atoms with Crippen LogP contribution in [-0.2, 0) is 23.7 Å². The van der Waals surface area contributed by atoms with E-state index in [0.717, 1.165) is 24.5 Å². The molecule has 3 rings (SSSR count). The second-order valence-electron chi connectivity index (χ2n) is 6.98. The lowest BCUT2D eigenvalue weighted by Crippen LogP contribution is -2.39. The van der Waals surface area contributed by atoms with Crippen LogP contribution >= 0.6 is 0 Å². The third kappa shape index (κ3) is 5.36. The first-order valence-electron chi connectivity index (χ1n) is 9.29. The average Bonchev–Trinajstić information content (AvgIpc) is 2.94. The number of pyridine rings is 2. The van der Waals surface area contributed by atoms with E-state index in [2.05, 4.69) is 4.98 Å². The normalized spacial score (nSPS) is 15.7. The molecule has 1 aliphatic rings. The number of rotatable bonds is 3. The van der Waals surface area contributed by atoms with Crippen molar-refractivity contribution in [1.29, 1.82) is 0 Å². The van der Waals surface area contributed by atoms with Crippen molar-refractivity contribution < 1.29 is 31.1 Å². The Hall–Kier alpha value is -3.05. The quantitative estimate of drug-likeness (QED) is 0.678. The van der Waals surface area contributed by atoms with Gasteiger partial charge in [-0.05, 0) is 30.7 Å². The molecule has 0 unspecified atom stereocenters. The van der Waals surface area contributed by atoms with Crippen molar-refractivity contribution in [3.63, 3.8) is 0 Å². The highest BCUT2D eigenvalue weighted by atomic mass is 19.4. The Morgan fingerprint density at radius 1 is 0.968 bits per heavy atom. The molecule has 31 heavy (non-hydrogen) atoms. The zero-order valence-electron chi connectivity index (χ0n) is 16.1. The van der Waals surface area contributed by atoms with Crippen molar-refractivity contribution in [3.8, 4) is 0 Å². The van der Waals surface area contributed by atoms with Gasteiger partial charge in [0.1, 0.15) is 17.9 Å². The van der Waals surface area contributed by atoms with E-state index < -0.39 is 41.5 Å². The van der Waals surface area contributed by atoms with Gasteiger partial charge in [-0.15, -0.1) is 0 Å². The van der Waals surface area contributed by atoms with Gasteiger partial charge in [-0.25, -0.2) is 4.98 Å². The van der Waals surface area contributed by atoms with Gasteiger partial charge in [0.2, 0.25) is 5.91 Å². The van der Waals surface area contributed by atoms with Crippen LogP contribution in [0.2, 0.25) is 0 Å². The summed E-state index contributed by atoms with van der Waals surface area (Å²) in [5.74, 6) is -0.194. The largest absolute Gasteiger partial charge is 0.421 e. The van der Waals surface area contributed by atoms with Crippen LogP contribution < -0.4 is 10.5 Å². The molecule has 0 atom stereocenters. The number of carbonyl (C=O) groups excluding carboxylic acids is 1. The summed E-state index contributed by atoms with van der Waals surface area (Å²) in [5.41, 5.74) is -3.51. The molecule has 1 saturated heterocycles. The maximum atomic E-state index is 12.9. The molecular weight excluding hydrogens is 430 g/mol. The van der Waals surface area contributed by atoms with Crippen LogP contribution in [0.4, 0.5) is 32.2 Å². The standard InChI is InChI=1S/C19H18F6N4O2/c20-18(21,22)13-4-5-15(26-11-13)27-7-2-8-28(10-9-27)16(30)12-29-6-1-3-14(17(29)31)19(23,24)25/h1,3-6,11H,2,7-10,12H2. The molecule has 0 aliphatic carbocycles. The summed E-state index contributed by atoms with van der Waals surface area (Å²) in [7, 11) is 0. The van der Waals surface area contributed by atoms with E-state index in [-0.39, 0.29) is 13.1 Å². The molecule has 1 fully saturated rings. The Morgan fingerprint density at radius 3 is 2.32 bits per heavy atom. The maximum Gasteiger partial charge on any atom is 0.421 e. The van der Waals surface area contributed by atoms with E-state index in [9.17, 15) is 35.9 Å². The second kappa shape index (κ2) is 8.60. The summed E-state index contributed by atoms with van der Waals surface area (Å²) >= 11 is 0. The highest BCUT2D eigenvalue weighted by molar-refractivity contribution is 5.76. The van der Waals surface area contributed by atoms with Gasteiger partial charge < -0.3 is 14.4 Å². The van der Waals surface area contributed by atoms with Crippen molar-refractivity contribution >= 4 is 11.7 Å². The fraction of sp³-hybridized carbons (Fsp3) is 0.421. The molecule has 168 valence electrons.